The van der Waals surface area contributed by atoms with Crippen LogP contribution in [0, 0.1) is 6.92 Å². The van der Waals surface area contributed by atoms with Crippen molar-refractivity contribution in [3.63, 3.8) is 0 Å². The lowest BCUT2D eigenvalue weighted by molar-refractivity contribution is -0.137. The first-order valence-corrected chi connectivity index (χ1v) is 6.74. The summed E-state index contributed by atoms with van der Waals surface area (Å²) in [7, 11) is 0. The lowest BCUT2D eigenvalue weighted by Crippen LogP contribution is -2.44. The number of hydrogen-bond acceptors (Lipinski definition) is 4. The van der Waals surface area contributed by atoms with Crippen molar-refractivity contribution in [2.75, 3.05) is 19.8 Å². The molecule has 6 heteroatoms. The van der Waals surface area contributed by atoms with E-state index in [1.54, 1.807) is 17.9 Å². The number of aryl methyl sites for hydroxylation is 1. The molecule has 1 saturated heterocycles. The van der Waals surface area contributed by atoms with E-state index in [1.807, 2.05) is 0 Å². The van der Waals surface area contributed by atoms with E-state index in [9.17, 15) is 9.59 Å². The zero-order valence-electron chi connectivity index (χ0n) is 11.5. The molecule has 2 rings (SSSR count). The quantitative estimate of drug-likeness (QED) is 0.888. The van der Waals surface area contributed by atoms with E-state index in [2.05, 4.69) is 0 Å². The largest absolute Gasteiger partial charge is 0.481 e. The number of amides is 1. The van der Waals surface area contributed by atoms with E-state index in [0.29, 0.717) is 24.5 Å². The highest BCUT2D eigenvalue weighted by atomic mass is 16.5. The molecule has 1 aliphatic heterocycles. The predicted molar refractivity (Wildman–Crippen MR) is 70.6 cm³/mol. The number of carbonyl (C=O) groups is 2. The van der Waals surface area contributed by atoms with Gasteiger partial charge in [-0.2, -0.15) is 0 Å². The molecule has 1 amide bonds. The fourth-order valence-electron chi connectivity index (χ4n) is 2.42. The molecule has 0 aliphatic carbocycles. The van der Waals surface area contributed by atoms with Gasteiger partial charge in [-0.25, -0.2) is 0 Å². The smallest absolute Gasteiger partial charge is 0.305 e. The molecule has 0 bridgehead atoms. The highest BCUT2D eigenvalue weighted by molar-refractivity contribution is 5.95. The van der Waals surface area contributed by atoms with Crippen LogP contribution < -0.4 is 0 Å². The lowest BCUT2D eigenvalue weighted by Gasteiger charge is -2.34. The van der Waals surface area contributed by atoms with Crippen LogP contribution in [0.25, 0.3) is 0 Å². The molecule has 110 valence electrons. The van der Waals surface area contributed by atoms with E-state index in [4.69, 9.17) is 14.3 Å². The van der Waals surface area contributed by atoms with Gasteiger partial charge in [0.05, 0.1) is 18.2 Å². The van der Waals surface area contributed by atoms with Crippen molar-refractivity contribution >= 4 is 11.9 Å². The normalized spacial score (nSPS) is 16.1. The molecule has 0 radical (unpaired) electrons. The highest BCUT2D eigenvalue weighted by Crippen LogP contribution is 2.20. The van der Waals surface area contributed by atoms with Crippen molar-refractivity contribution in [2.24, 2.45) is 0 Å². The second-order valence-electron chi connectivity index (χ2n) is 4.88. The Labute approximate surface area is 117 Å². The van der Waals surface area contributed by atoms with Crippen molar-refractivity contribution < 1.29 is 23.8 Å². The summed E-state index contributed by atoms with van der Waals surface area (Å²) in [5, 5.41) is 8.85. The Morgan fingerprint density at radius 2 is 2.10 bits per heavy atom. The van der Waals surface area contributed by atoms with Gasteiger partial charge in [-0.3, -0.25) is 9.59 Å². The highest BCUT2D eigenvalue weighted by Gasteiger charge is 2.28. The number of aliphatic carboxylic acids is 1. The van der Waals surface area contributed by atoms with Crippen molar-refractivity contribution in [3.05, 3.63) is 23.7 Å². The minimum Gasteiger partial charge on any atom is -0.481 e. The standard InChI is InChI=1S/C14H19NO5/c1-10-12(5-9-20-10)14(18)15(6-2-13(16)17)11-3-7-19-8-4-11/h5,9,11H,2-4,6-8H2,1H3,(H,16,17). The summed E-state index contributed by atoms with van der Waals surface area (Å²) in [5.74, 6) is -0.509. The number of carboxylic acid groups (broad SMARTS) is 1. The number of rotatable bonds is 5. The van der Waals surface area contributed by atoms with E-state index in [-0.39, 0.29) is 24.9 Å². The molecule has 0 aromatic carbocycles. The van der Waals surface area contributed by atoms with E-state index >= 15 is 0 Å². The van der Waals surface area contributed by atoms with Crippen LogP contribution in [0.15, 0.2) is 16.7 Å². The van der Waals surface area contributed by atoms with Crippen molar-refractivity contribution in [2.45, 2.75) is 32.2 Å². The summed E-state index contributed by atoms with van der Waals surface area (Å²) in [6, 6.07) is 1.66. The molecule has 0 saturated carbocycles. The average Bonchev–Trinajstić information content (AvgIpc) is 2.86. The van der Waals surface area contributed by atoms with Crippen LogP contribution in [0.3, 0.4) is 0 Å². The minimum absolute atomic E-state index is 0.0323. The lowest BCUT2D eigenvalue weighted by atomic mass is 10.1. The van der Waals surface area contributed by atoms with Crippen LogP contribution in [-0.2, 0) is 9.53 Å². The van der Waals surface area contributed by atoms with Crippen molar-refractivity contribution in [3.8, 4) is 0 Å². The van der Waals surface area contributed by atoms with Gasteiger partial charge in [0.25, 0.3) is 5.91 Å². The van der Waals surface area contributed by atoms with Crippen LogP contribution in [-0.4, -0.2) is 47.7 Å². The van der Waals surface area contributed by atoms with E-state index in [1.165, 1.54) is 6.26 Å². The summed E-state index contributed by atoms with van der Waals surface area (Å²) in [6.07, 6.45) is 2.90. The van der Waals surface area contributed by atoms with Crippen LogP contribution in [0.4, 0.5) is 0 Å². The molecular formula is C14H19NO5. The second-order valence-corrected chi connectivity index (χ2v) is 4.88. The monoisotopic (exact) mass is 281 g/mol. The number of furan rings is 1. The molecule has 1 aromatic rings. The molecule has 6 nitrogen and oxygen atoms in total. The molecule has 1 aromatic heterocycles. The predicted octanol–water partition coefficient (Wildman–Crippen LogP) is 1.68. The van der Waals surface area contributed by atoms with Gasteiger partial charge in [0.2, 0.25) is 0 Å². The third-order valence-electron chi connectivity index (χ3n) is 3.55. The van der Waals surface area contributed by atoms with Crippen molar-refractivity contribution in [1.82, 2.24) is 4.90 Å². The van der Waals surface area contributed by atoms with Gasteiger partial charge < -0.3 is 19.2 Å². The Kier molecular flexibility index (Phi) is 4.79. The van der Waals surface area contributed by atoms with E-state index in [0.717, 1.165) is 12.8 Å². The molecule has 0 atom stereocenters. The Bertz CT molecular complexity index is 476. The summed E-state index contributed by atoms with van der Waals surface area (Å²) < 4.78 is 10.5. The third kappa shape index (κ3) is 3.39. The summed E-state index contributed by atoms with van der Waals surface area (Å²) in [6.45, 7) is 3.15. The number of carbonyl (C=O) groups excluding carboxylic acids is 1. The van der Waals surface area contributed by atoms with Gasteiger partial charge in [-0.15, -0.1) is 0 Å². The first-order valence-electron chi connectivity index (χ1n) is 6.74. The zero-order chi connectivity index (χ0) is 14.5. The van der Waals surface area contributed by atoms with Gasteiger partial charge in [0.1, 0.15) is 5.76 Å². The van der Waals surface area contributed by atoms with Crippen LogP contribution in [0.5, 0.6) is 0 Å². The maximum atomic E-state index is 12.6. The fraction of sp³-hybridized carbons (Fsp3) is 0.571. The number of carboxylic acids is 1. The van der Waals surface area contributed by atoms with Gasteiger partial charge in [-0.1, -0.05) is 0 Å². The van der Waals surface area contributed by atoms with Gasteiger partial charge >= 0.3 is 5.97 Å². The van der Waals surface area contributed by atoms with Gasteiger partial charge in [-0.05, 0) is 25.8 Å². The molecule has 1 aliphatic rings. The van der Waals surface area contributed by atoms with Crippen molar-refractivity contribution in [1.29, 1.82) is 0 Å². The zero-order valence-corrected chi connectivity index (χ0v) is 11.5. The molecule has 0 unspecified atom stereocenters. The minimum atomic E-state index is -0.904. The fourth-order valence-corrected chi connectivity index (χ4v) is 2.42. The maximum Gasteiger partial charge on any atom is 0.305 e. The first-order chi connectivity index (χ1) is 9.59. The molecular weight excluding hydrogens is 262 g/mol. The average molecular weight is 281 g/mol. The molecule has 0 spiro atoms. The number of hydrogen-bond donors (Lipinski definition) is 1. The van der Waals surface area contributed by atoms with Crippen LogP contribution >= 0.6 is 0 Å². The SMILES string of the molecule is Cc1occc1C(=O)N(CCC(=O)O)C1CCOCC1. The summed E-state index contributed by atoms with van der Waals surface area (Å²) >= 11 is 0. The maximum absolute atomic E-state index is 12.6. The Hall–Kier alpha value is -1.82. The van der Waals surface area contributed by atoms with Crippen LogP contribution in [0.2, 0.25) is 0 Å². The molecule has 1 fully saturated rings. The van der Waals surface area contributed by atoms with Crippen LogP contribution in [0.1, 0.15) is 35.4 Å². The molecule has 1 N–H and O–H groups in total. The second kappa shape index (κ2) is 6.56. The number of nitrogens with zero attached hydrogens (tertiary/aromatic N) is 1. The topological polar surface area (TPSA) is 80.0 Å². The Morgan fingerprint density at radius 3 is 2.65 bits per heavy atom. The molecule has 2 heterocycles. The third-order valence-corrected chi connectivity index (χ3v) is 3.55. The summed E-state index contributed by atoms with van der Waals surface area (Å²) in [4.78, 5) is 25.0. The van der Waals surface area contributed by atoms with Gasteiger partial charge in [0, 0.05) is 25.8 Å². The first kappa shape index (κ1) is 14.6. The summed E-state index contributed by atoms with van der Waals surface area (Å²) in [5.41, 5.74) is 0.502. The Balaban J connectivity index is 2.14. The molecule has 20 heavy (non-hydrogen) atoms. The Morgan fingerprint density at radius 1 is 1.40 bits per heavy atom. The van der Waals surface area contributed by atoms with E-state index < -0.39 is 5.97 Å². The van der Waals surface area contributed by atoms with Gasteiger partial charge in [0.15, 0.2) is 0 Å². The number of ether oxygens (including phenoxy) is 1.